The number of H-pyrrole nitrogens is 1. The number of amides is 1. The molecule has 1 unspecified atom stereocenters. The fourth-order valence-electron chi connectivity index (χ4n) is 3.23. The summed E-state index contributed by atoms with van der Waals surface area (Å²) in [4.78, 5) is 26.1. The Morgan fingerprint density at radius 3 is 3.21 bits per heavy atom. The van der Waals surface area contributed by atoms with Crippen LogP contribution in [0.2, 0.25) is 0 Å². The lowest BCUT2D eigenvalue weighted by Crippen LogP contribution is -2.33. The summed E-state index contributed by atoms with van der Waals surface area (Å²) in [5.74, 6) is 0.952. The third kappa shape index (κ3) is 2.44. The van der Waals surface area contributed by atoms with Gasteiger partial charge in [0, 0.05) is 31.2 Å². The first-order valence-corrected chi connectivity index (χ1v) is 8.25. The second kappa shape index (κ2) is 6.03. The summed E-state index contributed by atoms with van der Waals surface area (Å²) < 4.78 is 0. The number of rotatable bonds is 4. The molecule has 3 aromatic heterocycles. The van der Waals surface area contributed by atoms with Crippen molar-refractivity contribution in [2.24, 2.45) is 5.92 Å². The van der Waals surface area contributed by atoms with Gasteiger partial charge in [-0.1, -0.05) is 6.92 Å². The number of hydrogen-bond donors (Lipinski definition) is 2. The SMILES string of the molecule is CCCNC(=O)C1CCN(c2ncnc3nnc4[nH]ccc4c23)C1. The molecule has 0 radical (unpaired) electrons. The number of hydrogen-bond acceptors (Lipinski definition) is 6. The maximum Gasteiger partial charge on any atom is 0.224 e. The normalized spacial score (nSPS) is 17.7. The van der Waals surface area contributed by atoms with Crippen molar-refractivity contribution in [1.82, 2.24) is 30.5 Å². The monoisotopic (exact) mass is 325 g/mol. The maximum atomic E-state index is 12.2. The van der Waals surface area contributed by atoms with E-state index in [0.717, 1.165) is 48.2 Å². The average Bonchev–Trinajstić information content (AvgIpc) is 3.28. The number of anilines is 1. The van der Waals surface area contributed by atoms with E-state index < -0.39 is 0 Å². The summed E-state index contributed by atoms with van der Waals surface area (Å²) in [6.45, 7) is 4.24. The molecule has 124 valence electrons. The molecule has 4 rings (SSSR count). The van der Waals surface area contributed by atoms with E-state index in [9.17, 15) is 4.79 Å². The maximum absolute atomic E-state index is 12.2. The Morgan fingerprint density at radius 2 is 2.33 bits per heavy atom. The van der Waals surface area contributed by atoms with Crippen LogP contribution < -0.4 is 10.2 Å². The first-order chi connectivity index (χ1) is 11.8. The largest absolute Gasteiger partial charge is 0.356 e. The van der Waals surface area contributed by atoms with E-state index in [0.29, 0.717) is 12.2 Å². The molecule has 1 amide bonds. The van der Waals surface area contributed by atoms with Gasteiger partial charge in [-0.2, -0.15) is 0 Å². The minimum Gasteiger partial charge on any atom is -0.356 e. The Morgan fingerprint density at radius 1 is 1.42 bits per heavy atom. The molecule has 1 saturated heterocycles. The Bertz CT molecular complexity index is 890. The van der Waals surface area contributed by atoms with Crippen LogP contribution in [0.5, 0.6) is 0 Å². The van der Waals surface area contributed by atoms with Gasteiger partial charge in [0.1, 0.15) is 12.1 Å². The van der Waals surface area contributed by atoms with Crippen LogP contribution in [0.3, 0.4) is 0 Å². The van der Waals surface area contributed by atoms with Crippen molar-refractivity contribution in [3.05, 3.63) is 18.6 Å². The summed E-state index contributed by atoms with van der Waals surface area (Å²) in [7, 11) is 0. The molecule has 2 N–H and O–H groups in total. The lowest BCUT2D eigenvalue weighted by molar-refractivity contribution is -0.124. The fourth-order valence-corrected chi connectivity index (χ4v) is 3.23. The first kappa shape index (κ1) is 14.8. The Labute approximate surface area is 138 Å². The number of nitrogens with one attached hydrogen (secondary N) is 2. The van der Waals surface area contributed by atoms with Crippen molar-refractivity contribution in [1.29, 1.82) is 0 Å². The van der Waals surface area contributed by atoms with Crippen LogP contribution in [0.25, 0.3) is 22.1 Å². The van der Waals surface area contributed by atoms with Gasteiger partial charge in [-0.25, -0.2) is 9.97 Å². The van der Waals surface area contributed by atoms with Gasteiger partial charge in [-0.3, -0.25) is 4.79 Å². The average molecular weight is 325 g/mol. The zero-order chi connectivity index (χ0) is 16.5. The fraction of sp³-hybridized carbons (Fsp3) is 0.438. The topological polar surface area (TPSA) is 99.7 Å². The van der Waals surface area contributed by atoms with Crippen LogP contribution in [-0.2, 0) is 4.79 Å². The second-order valence-electron chi connectivity index (χ2n) is 6.06. The van der Waals surface area contributed by atoms with E-state index in [1.807, 2.05) is 12.3 Å². The zero-order valence-electron chi connectivity index (χ0n) is 13.5. The molecule has 1 atom stereocenters. The Kier molecular flexibility index (Phi) is 3.72. The van der Waals surface area contributed by atoms with Crippen molar-refractivity contribution in [3.63, 3.8) is 0 Å². The number of fused-ring (bicyclic) bond motifs is 3. The molecule has 3 aromatic rings. The van der Waals surface area contributed by atoms with Gasteiger partial charge < -0.3 is 15.2 Å². The summed E-state index contributed by atoms with van der Waals surface area (Å²) in [5, 5.41) is 13.1. The predicted molar refractivity (Wildman–Crippen MR) is 90.6 cm³/mol. The molecule has 4 heterocycles. The molecule has 1 aliphatic rings. The van der Waals surface area contributed by atoms with Crippen LogP contribution >= 0.6 is 0 Å². The van der Waals surface area contributed by atoms with Gasteiger partial charge in [0.05, 0.1) is 11.3 Å². The van der Waals surface area contributed by atoms with Gasteiger partial charge in [-0.05, 0) is 18.9 Å². The summed E-state index contributed by atoms with van der Waals surface area (Å²) in [5.41, 5.74) is 1.29. The molecule has 1 fully saturated rings. The van der Waals surface area contributed by atoms with Gasteiger partial charge in [-0.15, -0.1) is 10.2 Å². The number of carbonyl (C=O) groups excluding carboxylic acids is 1. The van der Waals surface area contributed by atoms with E-state index in [4.69, 9.17) is 0 Å². The highest BCUT2D eigenvalue weighted by molar-refractivity contribution is 6.07. The van der Waals surface area contributed by atoms with Crippen molar-refractivity contribution in [3.8, 4) is 0 Å². The predicted octanol–water partition coefficient (Wildman–Crippen LogP) is 1.25. The van der Waals surface area contributed by atoms with Crippen LogP contribution in [0.1, 0.15) is 19.8 Å². The molecule has 24 heavy (non-hydrogen) atoms. The number of aromatic nitrogens is 5. The highest BCUT2D eigenvalue weighted by Gasteiger charge is 2.30. The molecule has 8 nitrogen and oxygen atoms in total. The summed E-state index contributed by atoms with van der Waals surface area (Å²) >= 11 is 0. The van der Waals surface area contributed by atoms with Crippen LogP contribution in [0.4, 0.5) is 5.82 Å². The standard InChI is InChI=1S/C16H19N7O/c1-2-5-18-16(24)10-4-7-23(8-10)15-12-11-3-6-17-13(11)21-22-14(12)19-9-20-15/h3,6,9-10H,2,4-5,7-8H2,1H3,(H,17,21)(H,18,24). The quantitative estimate of drug-likeness (QED) is 0.749. The highest BCUT2D eigenvalue weighted by Crippen LogP contribution is 2.31. The summed E-state index contributed by atoms with van der Waals surface area (Å²) in [6, 6.07) is 1.96. The van der Waals surface area contributed by atoms with Crippen LogP contribution in [-0.4, -0.2) is 50.7 Å². The third-order valence-corrected chi connectivity index (χ3v) is 4.45. The van der Waals surface area contributed by atoms with Crippen LogP contribution in [0.15, 0.2) is 18.6 Å². The number of aromatic amines is 1. The minimum absolute atomic E-state index is 0.00178. The molecule has 0 bridgehead atoms. The first-order valence-electron chi connectivity index (χ1n) is 8.25. The van der Waals surface area contributed by atoms with Crippen molar-refractivity contribution in [2.45, 2.75) is 19.8 Å². The van der Waals surface area contributed by atoms with E-state index in [-0.39, 0.29) is 11.8 Å². The van der Waals surface area contributed by atoms with Gasteiger partial charge in [0.25, 0.3) is 0 Å². The van der Waals surface area contributed by atoms with Crippen LogP contribution in [0, 0.1) is 5.92 Å². The van der Waals surface area contributed by atoms with Gasteiger partial charge in [0.2, 0.25) is 5.91 Å². The minimum atomic E-state index is -0.00178. The smallest absolute Gasteiger partial charge is 0.224 e. The Hall–Kier alpha value is -2.77. The molecule has 1 aliphatic heterocycles. The lowest BCUT2D eigenvalue weighted by atomic mass is 10.1. The number of carbonyl (C=O) groups is 1. The van der Waals surface area contributed by atoms with E-state index >= 15 is 0 Å². The Balaban J connectivity index is 1.67. The van der Waals surface area contributed by atoms with Crippen molar-refractivity contribution < 1.29 is 4.79 Å². The van der Waals surface area contributed by atoms with E-state index in [2.05, 4.69) is 42.3 Å². The van der Waals surface area contributed by atoms with Crippen molar-refractivity contribution in [2.75, 3.05) is 24.5 Å². The van der Waals surface area contributed by atoms with Crippen molar-refractivity contribution >= 4 is 33.8 Å². The van der Waals surface area contributed by atoms with E-state index in [1.54, 1.807) is 0 Å². The second-order valence-corrected chi connectivity index (χ2v) is 6.06. The number of nitrogens with zero attached hydrogens (tertiary/aromatic N) is 5. The highest BCUT2D eigenvalue weighted by atomic mass is 16.1. The van der Waals surface area contributed by atoms with E-state index in [1.165, 1.54) is 6.33 Å². The molecule has 0 saturated carbocycles. The third-order valence-electron chi connectivity index (χ3n) is 4.45. The van der Waals surface area contributed by atoms with Gasteiger partial charge in [0.15, 0.2) is 11.3 Å². The molecule has 0 aliphatic carbocycles. The molecule has 8 heteroatoms. The molecule has 0 spiro atoms. The zero-order valence-corrected chi connectivity index (χ0v) is 13.5. The molecular weight excluding hydrogens is 306 g/mol. The van der Waals surface area contributed by atoms with Gasteiger partial charge >= 0.3 is 0 Å². The summed E-state index contributed by atoms with van der Waals surface area (Å²) in [6.07, 6.45) is 5.12. The lowest BCUT2D eigenvalue weighted by Gasteiger charge is -2.18. The molecular formula is C16H19N7O. The molecule has 0 aromatic carbocycles.